The maximum atomic E-state index is 12.7. The Morgan fingerprint density at radius 3 is 2.29 bits per heavy atom. The van der Waals surface area contributed by atoms with Gasteiger partial charge in [-0.25, -0.2) is 10.2 Å². The Labute approximate surface area is 204 Å². The van der Waals surface area contributed by atoms with Crippen molar-refractivity contribution >= 4 is 28.9 Å². The van der Waals surface area contributed by atoms with Crippen LogP contribution in [0.4, 0.5) is 0 Å². The van der Waals surface area contributed by atoms with E-state index < -0.39 is 5.97 Å². The molecule has 0 aliphatic rings. The van der Waals surface area contributed by atoms with E-state index in [0.717, 1.165) is 16.3 Å². The van der Waals surface area contributed by atoms with E-state index in [1.807, 2.05) is 60.7 Å². The molecule has 0 fully saturated rings. The van der Waals surface area contributed by atoms with Gasteiger partial charge in [-0.05, 0) is 70.3 Å². The van der Waals surface area contributed by atoms with Crippen molar-refractivity contribution < 1.29 is 19.1 Å². The van der Waals surface area contributed by atoms with E-state index in [1.165, 1.54) is 11.8 Å². The van der Waals surface area contributed by atoms with E-state index in [-0.39, 0.29) is 12.5 Å². The topological polar surface area (TPSA) is 77.0 Å². The van der Waals surface area contributed by atoms with E-state index >= 15 is 0 Å². The number of ether oxygens (including phenoxy) is 2. The van der Waals surface area contributed by atoms with Crippen LogP contribution in [-0.2, 0) is 4.79 Å². The third-order valence-corrected chi connectivity index (χ3v) is 5.42. The molecule has 4 aromatic rings. The molecule has 0 aliphatic heterocycles. The van der Waals surface area contributed by atoms with Crippen LogP contribution in [0.3, 0.4) is 0 Å². The van der Waals surface area contributed by atoms with E-state index in [2.05, 4.69) is 24.4 Å². The highest BCUT2D eigenvalue weighted by molar-refractivity contribution is 6.05. The molecule has 1 N–H and O–H groups in total. The molecular weight excluding hydrogens is 440 g/mol. The van der Waals surface area contributed by atoms with Crippen LogP contribution in [0.5, 0.6) is 11.5 Å². The standard InChI is InChI=1S/C29H26N2O4/c1-20(2)22-12-16-24(17-13-22)34-19-28(32)31-30-18-21-10-14-25(15-11-21)35-29(33)27-9-5-7-23-6-3-4-8-26(23)27/h3-18,20H,19H2,1-2H3,(H,31,32)/b30-18-. The number of hydrazone groups is 1. The van der Waals surface area contributed by atoms with Gasteiger partial charge >= 0.3 is 5.97 Å². The SMILES string of the molecule is CC(C)c1ccc(OCC(=O)N/N=C\c2ccc(OC(=O)c3cccc4ccccc34)cc2)cc1. The second kappa shape index (κ2) is 11.1. The van der Waals surface area contributed by atoms with E-state index in [1.54, 1.807) is 30.3 Å². The second-order valence-electron chi connectivity index (χ2n) is 8.29. The number of fused-ring (bicyclic) bond motifs is 1. The predicted molar refractivity (Wildman–Crippen MR) is 137 cm³/mol. The first kappa shape index (κ1) is 23.7. The van der Waals surface area contributed by atoms with Crippen molar-refractivity contribution in [2.75, 3.05) is 6.61 Å². The lowest BCUT2D eigenvalue weighted by Gasteiger charge is -2.08. The Kier molecular flexibility index (Phi) is 7.53. The van der Waals surface area contributed by atoms with Crippen molar-refractivity contribution in [3.63, 3.8) is 0 Å². The summed E-state index contributed by atoms with van der Waals surface area (Å²) in [5.41, 5.74) is 4.89. The minimum atomic E-state index is -0.422. The molecule has 0 bridgehead atoms. The van der Waals surface area contributed by atoms with Gasteiger partial charge in [0.05, 0.1) is 11.8 Å². The minimum Gasteiger partial charge on any atom is -0.484 e. The summed E-state index contributed by atoms with van der Waals surface area (Å²) in [6, 6.07) is 27.7. The van der Waals surface area contributed by atoms with Crippen LogP contribution in [0.2, 0.25) is 0 Å². The molecule has 4 aromatic carbocycles. The summed E-state index contributed by atoms with van der Waals surface area (Å²) in [7, 11) is 0. The molecule has 4 rings (SSSR count). The normalized spacial score (nSPS) is 11.1. The van der Waals surface area contributed by atoms with E-state index in [9.17, 15) is 9.59 Å². The van der Waals surface area contributed by atoms with Crippen LogP contribution in [0.15, 0.2) is 96.1 Å². The largest absolute Gasteiger partial charge is 0.484 e. The van der Waals surface area contributed by atoms with Gasteiger partial charge in [0, 0.05) is 0 Å². The van der Waals surface area contributed by atoms with E-state index in [4.69, 9.17) is 9.47 Å². The zero-order chi connectivity index (χ0) is 24.6. The van der Waals surface area contributed by atoms with Crippen molar-refractivity contribution in [3.05, 3.63) is 108 Å². The number of hydrogen-bond donors (Lipinski definition) is 1. The number of nitrogens with one attached hydrogen (secondary N) is 1. The van der Waals surface area contributed by atoms with Gasteiger partial charge < -0.3 is 9.47 Å². The number of amides is 1. The highest BCUT2D eigenvalue weighted by Crippen LogP contribution is 2.21. The van der Waals surface area contributed by atoms with Gasteiger partial charge in [0.25, 0.3) is 5.91 Å². The lowest BCUT2D eigenvalue weighted by atomic mass is 10.0. The molecule has 176 valence electrons. The summed E-state index contributed by atoms with van der Waals surface area (Å²) in [6.07, 6.45) is 1.51. The van der Waals surface area contributed by atoms with Crippen molar-refractivity contribution in [2.45, 2.75) is 19.8 Å². The minimum absolute atomic E-state index is 0.137. The maximum absolute atomic E-state index is 12.7. The fourth-order valence-corrected chi connectivity index (χ4v) is 3.50. The summed E-state index contributed by atoms with van der Waals surface area (Å²) < 4.78 is 11.0. The fraction of sp³-hybridized carbons (Fsp3) is 0.138. The first-order valence-electron chi connectivity index (χ1n) is 11.3. The van der Waals surface area contributed by atoms with Gasteiger partial charge in [-0.2, -0.15) is 5.10 Å². The summed E-state index contributed by atoms with van der Waals surface area (Å²) in [4.78, 5) is 24.6. The van der Waals surface area contributed by atoms with Crippen molar-refractivity contribution in [2.24, 2.45) is 5.10 Å². The summed E-state index contributed by atoms with van der Waals surface area (Å²) >= 11 is 0. The number of esters is 1. The smallest absolute Gasteiger partial charge is 0.344 e. The van der Waals surface area contributed by atoms with Crippen LogP contribution in [-0.4, -0.2) is 24.7 Å². The maximum Gasteiger partial charge on any atom is 0.344 e. The Bertz CT molecular complexity index is 1340. The van der Waals surface area contributed by atoms with Crippen LogP contribution >= 0.6 is 0 Å². The molecule has 6 nitrogen and oxygen atoms in total. The quantitative estimate of drug-likeness (QED) is 0.156. The Morgan fingerprint density at radius 2 is 1.54 bits per heavy atom. The molecule has 0 saturated carbocycles. The average Bonchev–Trinajstić information content (AvgIpc) is 2.88. The first-order valence-corrected chi connectivity index (χ1v) is 11.3. The molecule has 0 heterocycles. The molecule has 0 saturated heterocycles. The molecule has 0 aromatic heterocycles. The number of nitrogens with zero attached hydrogens (tertiary/aromatic N) is 1. The molecule has 0 radical (unpaired) electrons. The van der Waals surface area contributed by atoms with Crippen LogP contribution in [0.1, 0.15) is 41.3 Å². The summed E-state index contributed by atoms with van der Waals surface area (Å²) in [6.45, 7) is 4.10. The third-order valence-electron chi connectivity index (χ3n) is 5.42. The first-order chi connectivity index (χ1) is 17.0. The predicted octanol–water partition coefficient (Wildman–Crippen LogP) is 5.71. The fourth-order valence-electron chi connectivity index (χ4n) is 3.50. The van der Waals surface area contributed by atoms with Crippen molar-refractivity contribution in [1.29, 1.82) is 0 Å². The molecule has 0 unspecified atom stereocenters. The molecule has 1 amide bonds. The number of carbonyl (C=O) groups excluding carboxylic acids is 2. The Hall–Kier alpha value is -4.45. The molecule has 35 heavy (non-hydrogen) atoms. The van der Waals surface area contributed by atoms with Crippen molar-refractivity contribution in [1.82, 2.24) is 5.43 Å². The lowest BCUT2D eigenvalue weighted by molar-refractivity contribution is -0.123. The zero-order valence-electron chi connectivity index (χ0n) is 19.6. The zero-order valence-corrected chi connectivity index (χ0v) is 19.6. The van der Waals surface area contributed by atoms with Gasteiger partial charge in [0.15, 0.2) is 6.61 Å². The number of carbonyl (C=O) groups is 2. The molecule has 0 spiro atoms. The number of hydrogen-bond acceptors (Lipinski definition) is 5. The van der Waals surface area contributed by atoms with E-state index in [0.29, 0.717) is 23.0 Å². The molecule has 0 atom stereocenters. The highest BCUT2D eigenvalue weighted by Gasteiger charge is 2.12. The number of rotatable bonds is 8. The molecular formula is C29H26N2O4. The summed E-state index contributed by atoms with van der Waals surface area (Å²) in [5.74, 6) is 0.694. The van der Waals surface area contributed by atoms with Gasteiger partial charge in [0.2, 0.25) is 0 Å². The van der Waals surface area contributed by atoms with Crippen LogP contribution < -0.4 is 14.9 Å². The second-order valence-corrected chi connectivity index (χ2v) is 8.29. The monoisotopic (exact) mass is 466 g/mol. The lowest BCUT2D eigenvalue weighted by Crippen LogP contribution is -2.24. The highest BCUT2D eigenvalue weighted by atomic mass is 16.5. The Morgan fingerprint density at radius 1 is 0.857 bits per heavy atom. The summed E-state index contributed by atoms with van der Waals surface area (Å²) in [5, 5.41) is 5.77. The number of benzene rings is 4. The van der Waals surface area contributed by atoms with Crippen LogP contribution in [0, 0.1) is 0 Å². The average molecular weight is 467 g/mol. The Balaban J connectivity index is 1.27. The molecule has 6 heteroatoms. The van der Waals surface area contributed by atoms with Crippen molar-refractivity contribution in [3.8, 4) is 11.5 Å². The third kappa shape index (κ3) is 6.32. The van der Waals surface area contributed by atoms with Gasteiger partial charge in [-0.15, -0.1) is 0 Å². The van der Waals surface area contributed by atoms with Gasteiger partial charge in [0.1, 0.15) is 11.5 Å². The van der Waals surface area contributed by atoms with Gasteiger partial charge in [-0.1, -0.05) is 62.4 Å². The van der Waals surface area contributed by atoms with Crippen LogP contribution in [0.25, 0.3) is 10.8 Å². The van der Waals surface area contributed by atoms with Gasteiger partial charge in [-0.3, -0.25) is 4.79 Å². The molecule has 0 aliphatic carbocycles.